The minimum Gasteiger partial charge on any atom is -0.476 e. The molecule has 0 aliphatic carbocycles. The van der Waals surface area contributed by atoms with Crippen LogP contribution in [-0.4, -0.2) is 35.8 Å². The van der Waals surface area contributed by atoms with Gasteiger partial charge in [-0.15, -0.1) is 0 Å². The molecule has 1 atom stereocenters. The Morgan fingerprint density at radius 2 is 2.50 bits per heavy atom. The van der Waals surface area contributed by atoms with E-state index in [0.29, 0.717) is 25.6 Å². The fourth-order valence-corrected chi connectivity index (χ4v) is 1.35. The zero-order valence-electron chi connectivity index (χ0n) is 8.97. The third-order valence-corrected chi connectivity index (χ3v) is 2.19. The van der Waals surface area contributed by atoms with Crippen LogP contribution in [0.3, 0.4) is 0 Å². The molecule has 0 bridgehead atoms. The summed E-state index contributed by atoms with van der Waals surface area (Å²) in [5.74, 6) is 0.650. The third-order valence-electron chi connectivity index (χ3n) is 2.19. The molecule has 1 aliphatic heterocycles. The van der Waals surface area contributed by atoms with Crippen molar-refractivity contribution in [1.82, 2.24) is 15.3 Å². The molecule has 6 heteroatoms. The van der Waals surface area contributed by atoms with E-state index in [1.165, 1.54) is 0 Å². The van der Waals surface area contributed by atoms with Crippen molar-refractivity contribution < 1.29 is 14.3 Å². The van der Waals surface area contributed by atoms with Crippen LogP contribution in [0, 0.1) is 12.8 Å². The standard InChI is InChI=1S/C10H13N3O3/c1-7-2-11-4-9(13-7)15-5-8-3-12-10(14)16-6-8/h2,4,8H,3,5-6H2,1H3,(H,12,14). The average molecular weight is 223 g/mol. The Labute approximate surface area is 93.0 Å². The zero-order valence-corrected chi connectivity index (χ0v) is 8.97. The van der Waals surface area contributed by atoms with Crippen molar-refractivity contribution >= 4 is 6.09 Å². The van der Waals surface area contributed by atoms with Crippen LogP contribution in [0.25, 0.3) is 0 Å². The molecule has 1 saturated heterocycles. The Balaban J connectivity index is 1.81. The van der Waals surface area contributed by atoms with E-state index in [9.17, 15) is 4.79 Å². The molecule has 6 nitrogen and oxygen atoms in total. The quantitative estimate of drug-likeness (QED) is 0.808. The minimum atomic E-state index is -0.369. The van der Waals surface area contributed by atoms with Gasteiger partial charge in [0.05, 0.1) is 18.5 Å². The van der Waals surface area contributed by atoms with Gasteiger partial charge in [-0.25, -0.2) is 9.78 Å². The zero-order chi connectivity index (χ0) is 11.4. The first-order valence-electron chi connectivity index (χ1n) is 5.06. The van der Waals surface area contributed by atoms with Crippen molar-refractivity contribution in [2.24, 2.45) is 5.92 Å². The molecule has 1 amide bonds. The number of carbonyl (C=O) groups is 1. The molecule has 1 aromatic rings. The maximum absolute atomic E-state index is 10.7. The van der Waals surface area contributed by atoms with Crippen LogP contribution in [0.2, 0.25) is 0 Å². The van der Waals surface area contributed by atoms with Gasteiger partial charge in [-0.05, 0) is 6.92 Å². The predicted octanol–water partition coefficient (Wildman–Crippen LogP) is 0.520. The van der Waals surface area contributed by atoms with Crippen LogP contribution >= 0.6 is 0 Å². The number of nitrogens with one attached hydrogen (secondary N) is 1. The predicted molar refractivity (Wildman–Crippen MR) is 55.1 cm³/mol. The fourth-order valence-electron chi connectivity index (χ4n) is 1.35. The number of cyclic esters (lactones) is 1. The Morgan fingerprint density at radius 1 is 1.62 bits per heavy atom. The number of hydrogen-bond donors (Lipinski definition) is 1. The maximum Gasteiger partial charge on any atom is 0.407 e. The number of nitrogens with zero attached hydrogens (tertiary/aromatic N) is 2. The van der Waals surface area contributed by atoms with Gasteiger partial charge in [0.1, 0.15) is 6.61 Å². The van der Waals surface area contributed by atoms with Crippen molar-refractivity contribution in [2.45, 2.75) is 6.92 Å². The SMILES string of the molecule is Cc1cncc(OCC2CNC(=O)OC2)n1. The molecule has 16 heavy (non-hydrogen) atoms. The van der Waals surface area contributed by atoms with Gasteiger partial charge in [-0.1, -0.05) is 0 Å². The summed E-state index contributed by atoms with van der Waals surface area (Å²) in [4.78, 5) is 18.9. The molecule has 0 saturated carbocycles. The van der Waals surface area contributed by atoms with Gasteiger partial charge in [0, 0.05) is 18.7 Å². The first-order valence-corrected chi connectivity index (χ1v) is 5.06. The highest BCUT2D eigenvalue weighted by molar-refractivity contribution is 5.67. The summed E-state index contributed by atoms with van der Waals surface area (Å²) in [7, 11) is 0. The lowest BCUT2D eigenvalue weighted by Crippen LogP contribution is -2.41. The first-order chi connectivity index (χ1) is 7.74. The number of amides is 1. The summed E-state index contributed by atoms with van der Waals surface area (Å²) in [5.41, 5.74) is 0.811. The normalized spacial score (nSPS) is 19.8. The Morgan fingerprint density at radius 3 is 3.19 bits per heavy atom. The summed E-state index contributed by atoms with van der Waals surface area (Å²) in [6.45, 7) is 3.26. The number of hydrogen-bond acceptors (Lipinski definition) is 5. The minimum absolute atomic E-state index is 0.153. The van der Waals surface area contributed by atoms with Gasteiger partial charge < -0.3 is 14.8 Å². The van der Waals surface area contributed by atoms with Crippen molar-refractivity contribution in [3.63, 3.8) is 0 Å². The van der Waals surface area contributed by atoms with Gasteiger partial charge in [-0.2, -0.15) is 0 Å². The lowest BCUT2D eigenvalue weighted by atomic mass is 10.1. The smallest absolute Gasteiger partial charge is 0.407 e. The summed E-state index contributed by atoms with van der Waals surface area (Å²) in [6.07, 6.45) is 2.86. The summed E-state index contributed by atoms with van der Waals surface area (Å²) in [6, 6.07) is 0. The van der Waals surface area contributed by atoms with Crippen LogP contribution < -0.4 is 10.1 Å². The largest absolute Gasteiger partial charge is 0.476 e. The van der Waals surface area contributed by atoms with E-state index in [-0.39, 0.29) is 12.0 Å². The third kappa shape index (κ3) is 2.82. The molecule has 2 rings (SSSR count). The van der Waals surface area contributed by atoms with Gasteiger partial charge >= 0.3 is 6.09 Å². The van der Waals surface area contributed by atoms with Crippen LogP contribution in [-0.2, 0) is 4.74 Å². The number of aryl methyl sites for hydroxylation is 1. The Bertz CT molecular complexity index is 373. The molecule has 1 aromatic heterocycles. The van der Waals surface area contributed by atoms with Crippen molar-refractivity contribution in [3.8, 4) is 5.88 Å². The lowest BCUT2D eigenvalue weighted by molar-refractivity contribution is 0.0826. The van der Waals surface area contributed by atoms with Gasteiger partial charge in [0.25, 0.3) is 0 Å². The van der Waals surface area contributed by atoms with Gasteiger partial charge in [0.2, 0.25) is 5.88 Å². The average Bonchev–Trinajstić information content (AvgIpc) is 2.28. The highest BCUT2D eigenvalue weighted by Gasteiger charge is 2.19. The van der Waals surface area contributed by atoms with Gasteiger partial charge in [-0.3, -0.25) is 4.98 Å². The van der Waals surface area contributed by atoms with Crippen LogP contribution in [0.15, 0.2) is 12.4 Å². The molecule has 86 valence electrons. The fraction of sp³-hybridized carbons (Fsp3) is 0.500. The molecule has 1 unspecified atom stereocenters. The number of aromatic nitrogens is 2. The Hall–Kier alpha value is -1.85. The van der Waals surface area contributed by atoms with Crippen LogP contribution in [0.4, 0.5) is 4.79 Å². The molecule has 0 radical (unpaired) electrons. The lowest BCUT2D eigenvalue weighted by Gasteiger charge is -2.22. The first kappa shape index (κ1) is 10.7. The topological polar surface area (TPSA) is 73.3 Å². The molecule has 1 aliphatic rings. The van der Waals surface area contributed by atoms with Crippen molar-refractivity contribution in [3.05, 3.63) is 18.1 Å². The summed E-state index contributed by atoms with van der Waals surface area (Å²) in [5, 5.41) is 2.60. The highest BCUT2D eigenvalue weighted by Crippen LogP contribution is 2.08. The maximum atomic E-state index is 10.7. The van der Waals surface area contributed by atoms with E-state index in [4.69, 9.17) is 9.47 Å². The number of rotatable bonds is 3. The highest BCUT2D eigenvalue weighted by atomic mass is 16.6. The molecule has 0 spiro atoms. The molecular formula is C10H13N3O3. The molecular weight excluding hydrogens is 210 g/mol. The van der Waals surface area contributed by atoms with Gasteiger partial charge in [0.15, 0.2) is 0 Å². The van der Waals surface area contributed by atoms with Crippen LogP contribution in [0.1, 0.15) is 5.69 Å². The number of ether oxygens (including phenoxy) is 2. The molecule has 2 heterocycles. The number of carbonyl (C=O) groups excluding carboxylic acids is 1. The van der Waals surface area contributed by atoms with E-state index in [1.54, 1.807) is 12.4 Å². The van der Waals surface area contributed by atoms with Crippen molar-refractivity contribution in [1.29, 1.82) is 0 Å². The van der Waals surface area contributed by atoms with E-state index in [1.807, 2.05) is 6.92 Å². The molecule has 1 fully saturated rings. The van der Waals surface area contributed by atoms with E-state index < -0.39 is 0 Å². The molecule has 0 aromatic carbocycles. The second-order valence-electron chi connectivity index (χ2n) is 3.66. The number of alkyl carbamates (subject to hydrolysis) is 1. The van der Waals surface area contributed by atoms with E-state index in [2.05, 4.69) is 15.3 Å². The second kappa shape index (κ2) is 4.78. The van der Waals surface area contributed by atoms with Crippen LogP contribution in [0.5, 0.6) is 5.88 Å². The van der Waals surface area contributed by atoms with E-state index in [0.717, 1.165) is 5.69 Å². The molecule has 1 N–H and O–H groups in total. The Kier molecular flexibility index (Phi) is 3.19. The summed E-state index contributed by atoms with van der Waals surface area (Å²) >= 11 is 0. The van der Waals surface area contributed by atoms with Crippen molar-refractivity contribution in [2.75, 3.05) is 19.8 Å². The van der Waals surface area contributed by atoms with E-state index >= 15 is 0 Å². The monoisotopic (exact) mass is 223 g/mol. The summed E-state index contributed by atoms with van der Waals surface area (Å²) < 4.78 is 10.3. The second-order valence-corrected chi connectivity index (χ2v) is 3.66.